The maximum Gasteiger partial charge on any atom is 0.0642 e. The highest BCUT2D eigenvalue weighted by molar-refractivity contribution is 5.77. The van der Waals surface area contributed by atoms with Gasteiger partial charge in [-0.05, 0) is 6.08 Å². The minimum absolute atomic E-state index is 0.910. The molecular weight excluding hydrogens is 92.1 g/mol. The van der Waals surface area contributed by atoms with Gasteiger partial charge in [-0.3, -0.25) is 0 Å². The standard InChI is InChI=1S/C5H6O2/c1-2-3-4-5(6)7/h2-4H,1H2,(H,6,7)/p-1/b4-3+. The van der Waals surface area contributed by atoms with E-state index in [1.54, 1.807) is 0 Å². The summed E-state index contributed by atoms with van der Waals surface area (Å²) in [5.74, 6) is -1.19. The number of hydrogen-bond acceptors (Lipinski definition) is 2. The topological polar surface area (TPSA) is 40.1 Å². The number of carbonyl (C=O) groups is 1. The quantitative estimate of drug-likeness (QED) is 0.343. The normalized spacial score (nSPS) is 9.14. The molecule has 0 aromatic rings. The first-order valence-corrected chi connectivity index (χ1v) is 1.77. The molecule has 0 aliphatic carbocycles. The molecule has 0 spiro atoms. The number of carbonyl (C=O) groups excluding carboxylic acids is 1. The zero-order valence-electron chi connectivity index (χ0n) is 3.76. The Hall–Kier alpha value is -1.05. The molecule has 0 bridgehead atoms. The number of aliphatic carboxylic acids is 1. The van der Waals surface area contributed by atoms with Gasteiger partial charge in [0.05, 0.1) is 5.97 Å². The number of hydrogen-bond donors (Lipinski definition) is 0. The van der Waals surface area contributed by atoms with Gasteiger partial charge in [-0.15, -0.1) is 0 Å². The van der Waals surface area contributed by atoms with Crippen LogP contribution in [0.4, 0.5) is 0 Å². The average Bonchev–Trinajstić information content (AvgIpc) is 1.61. The molecule has 38 valence electrons. The summed E-state index contributed by atoms with van der Waals surface area (Å²) in [6, 6.07) is 0. The lowest BCUT2D eigenvalue weighted by molar-refractivity contribution is -0.297. The summed E-state index contributed by atoms with van der Waals surface area (Å²) in [6.07, 6.45) is 3.58. The zero-order chi connectivity index (χ0) is 5.70. The maximum absolute atomic E-state index is 9.51. The molecule has 0 N–H and O–H groups in total. The molecule has 0 radical (unpaired) electrons. The van der Waals surface area contributed by atoms with Crippen LogP contribution in [0.2, 0.25) is 0 Å². The Labute approximate surface area is 41.8 Å². The van der Waals surface area contributed by atoms with Crippen LogP contribution < -0.4 is 5.11 Å². The van der Waals surface area contributed by atoms with E-state index in [1.165, 1.54) is 12.2 Å². The zero-order valence-corrected chi connectivity index (χ0v) is 3.76. The summed E-state index contributed by atoms with van der Waals surface area (Å²) in [4.78, 5) is 9.51. The van der Waals surface area contributed by atoms with Gasteiger partial charge in [0.25, 0.3) is 0 Å². The van der Waals surface area contributed by atoms with Crippen LogP contribution in [0.25, 0.3) is 0 Å². The van der Waals surface area contributed by atoms with Gasteiger partial charge in [-0.1, -0.05) is 18.7 Å². The molecule has 0 amide bonds. The summed E-state index contributed by atoms with van der Waals surface area (Å²) < 4.78 is 0. The summed E-state index contributed by atoms with van der Waals surface area (Å²) in [7, 11) is 0. The summed E-state index contributed by atoms with van der Waals surface area (Å²) in [5, 5.41) is 9.51. The number of allylic oxidation sites excluding steroid dienone is 2. The molecule has 0 heterocycles. The maximum atomic E-state index is 9.51. The highest BCUT2D eigenvalue weighted by Crippen LogP contribution is 1.67. The van der Waals surface area contributed by atoms with Gasteiger partial charge >= 0.3 is 0 Å². The molecule has 0 rings (SSSR count). The fraction of sp³-hybridized carbons (Fsp3) is 0. The molecule has 7 heavy (non-hydrogen) atoms. The van der Waals surface area contributed by atoms with E-state index < -0.39 is 5.97 Å². The van der Waals surface area contributed by atoms with E-state index in [0.717, 1.165) is 6.08 Å². The van der Waals surface area contributed by atoms with Crippen molar-refractivity contribution in [2.24, 2.45) is 0 Å². The molecule has 0 unspecified atom stereocenters. The van der Waals surface area contributed by atoms with Crippen LogP contribution >= 0.6 is 0 Å². The summed E-state index contributed by atoms with van der Waals surface area (Å²) in [5.41, 5.74) is 0. The van der Waals surface area contributed by atoms with Crippen molar-refractivity contribution in [1.29, 1.82) is 0 Å². The second kappa shape index (κ2) is 3.15. The first-order chi connectivity index (χ1) is 3.27. The van der Waals surface area contributed by atoms with Crippen LogP contribution in [0, 0.1) is 0 Å². The molecule has 0 aromatic heterocycles. The van der Waals surface area contributed by atoms with Crippen LogP contribution in [0.15, 0.2) is 24.8 Å². The van der Waals surface area contributed by atoms with E-state index in [2.05, 4.69) is 6.58 Å². The lowest BCUT2D eigenvalue weighted by Gasteiger charge is -1.84. The number of carboxylic acids is 1. The molecule has 0 aromatic carbocycles. The van der Waals surface area contributed by atoms with Crippen molar-refractivity contribution in [2.75, 3.05) is 0 Å². The van der Waals surface area contributed by atoms with E-state index in [1.807, 2.05) is 0 Å². The van der Waals surface area contributed by atoms with E-state index in [4.69, 9.17) is 0 Å². The molecule has 0 saturated carbocycles. The van der Waals surface area contributed by atoms with Crippen LogP contribution in [-0.4, -0.2) is 5.97 Å². The molecular formula is C5H5O2-. The van der Waals surface area contributed by atoms with Gasteiger partial charge in [0.1, 0.15) is 0 Å². The van der Waals surface area contributed by atoms with Gasteiger partial charge in [-0.2, -0.15) is 0 Å². The second-order valence-electron chi connectivity index (χ2n) is 0.914. The van der Waals surface area contributed by atoms with Crippen molar-refractivity contribution in [3.63, 3.8) is 0 Å². The highest BCUT2D eigenvalue weighted by atomic mass is 16.4. The number of carboxylic acid groups (broad SMARTS) is 1. The minimum atomic E-state index is -1.19. The van der Waals surface area contributed by atoms with E-state index in [0.29, 0.717) is 0 Å². The van der Waals surface area contributed by atoms with E-state index in [-0.39, 0.29) is 0 Å². The van der Waals surface area contributed by atoms with Crippen molar-refractivity contribution >= 4 is 5.97 Å². The van der Waals surface area contributed by atoms with Crippen LogP contribution in [0.3, 0.4) is 0 Å². The Kier molecular flexibility index (Phi) is 2.68. The molecule has 0 fully saturated rings. The molecule has 0 saturated heterocycles. The van der Waals surface area contributed by atoms with Crippen molar-refractivity contribution in [3.05, 3.63) is 24.8 Å². The van der Waals surface area contributed by atoms with Gasteiger partial charge < -0.3 is 9.90 Å². The molecule has 2 nitrogen and oxygen atoms in total. The Morgan fingerprint density at radius 3 is 2.43 bits per heavy atom. The lowest BCUT2D eigenvalue weighted by atomic mass is 10.5. The van der Waals surface area contributed by atoms with Crippen LogP contribution in [0.5, 0.6) is 0 Å². The van der Waals surface area contributed by atoms with Crippen molar-refractivity contribution in [1.82, 2.24) is 0 Å². The van der Waals surface area contributed by atoms with E-state index >= 15 is 0 Å². The first-order valence-electron chi connectivity index (χ1n) is 1.77. The first kappa shape index (κ1) is 5.95. The predicted octanol–water partition coefficient (Wildman–Crippen LogP) is -0.522. The molecule has 0 atom stereocenters. The summed E-state index contributed by atoms with van der Waals surface area (Å²) in [6.45, 7) is 3.25. The smallest absolute Gasteiger partial charge is 0.0642 e. The Balaban J connectivity index is 3.46. The second-order valence-corrected chi connectivity index (χ2v) is 0.914. The number of rotatable bonds is 2. The third kappa shape index (κ3) is 4.95. The van der Waals surface area contributed by atoms with Crippen LogP contribution in [0.1, 0.15) is 0 Å². The molecule has 2 heteroatoms. The van der Waals surface area contributed by atoms with Gasteiger partial charge in [0.2, 0.25) is 0 Å². The SMILES string of the molecule is C=C/C=C/C(=O)[O-]. The lowest BCUT2D eigenvalue weighted by Crippen LogP contribution is -2.18. The molecule has 0 aliphatic heterocycles. The summed E-state index contributed by atoms with van der Waals surface area (Å²) >= 11 is 0. The fourth-order valence-corrected chi connectivity index (χ4v) is 0.147. The van der Waals surface area contributed by atoms with Crippen molar-refractivity contribution in [2.45, 2.75) is 0 Å². The predicted molar refractivity (Wildman–Crippen MR) is 24.3 cm³/mol. The Morgan fingerprint density at radius 1 is 1.71 bits per heavy atom. The molecule has 0 aliphatic rings. The van der Waals surface area contributed by atoms with Gasteiger partial charge in [-0.25, -0.2) is 0 Å². The largest absolute Gasteiger partial charge is 0.545 e. The van der Waals surface area contributed by atoms with Crippen molar-refractivity contribution in [3.8, 4) is 0 Å². The Morgan fingerprint density at radius 2 is 2.29 bits per heavy atom. The minimum Gasteiger partial charge on any atom is -0.545 e. The Bertz CT molecular complexity index is 103. The van der Waals surface area contributed by atoms with Crippen molar-refractivity contribution < 1.29 is 9.90 Å². The van der Waals surface area contributed by atoms with E-state index in [9.17, 15) is 9.90 Å². The average molecular weight is 97.1 g/mol. The monoisotopic (exact) mass is 97.0 g/mol. The third-order valence-electron chi connectivity index (χ3n) is 0.368. The van der Waals surface area contributed by atoms with Crippen LogP contribution in [-0.2, 0) is 4.79 Å². The third-order valence-corrected chi connectivity index (χ3v) is 0.368. The van der Waals surface area contributed by atoms with Gasteiger partial charge in [0, 0.05) is 0 Å². The highest BCUT2D eigenvalue weighted by Gasteiger charge is 1.63. The van der Waals surface area contributed by atoms with Gasteiger partial charge in [0.15, 0.2) is 0 Å². The fourth-order valence-electron chi connectivity index (χ4n) is 0.147.